The highest BCUT2D eigenvalue weighted by atomic mass is 16.5. The summed E-state index contributed by atoms with van der Waals surface area (Å²) >= 11 is 0. The maximum absolute atomic E-state index is 5.80. The summed E-state index contributed by atoms with van der Waals surface area (Å²) in [5.41, 5.74) is 5.80. The Labute approximate surface area is 101 Å². The Hall–Kier alpha value is -1.20. The van der Waals surface area contributed by atoms with Crippen molar-refractivity contribution in [3.05, 3.63) is 23.9 Å². The van der Waals surface area contributed by atoms with Crippen LogP contribution in [0.1, 0.15) is 50.4 Å². The summed E-state index contributed by atoms with van der Waals surface area (Å²) in [6, 6.07) is 0.101. The van der Waals surface area contributed by atoms with E-state index in [0.717, 1.165) is 12.8 Å². The summed E-state index contributed by atoms with van der Waals surface area (Å²) in [7, 11) is 0. The summed E-state index contributed by atoms with van der Waals surface area (Å²) < 4.78 is 10.8. The van der Waals surface area contributed by atoms with Crippen molar-refractivity contribution in [1.29, 1.82) is 0 Å². The predicted octanol–water partition coefficient (Wildman–Crippen LogP) is 1.93. The van der Waals surface area contributed by atoms with E-state index in [0.29, 0.717) is 18.3 Å². The third-order valence-corrected chi connectivity index (χ3v) is 2.92. The zero-order valence-electron chi connectivity index (χ0n) is 10.3. The average Bonchev–Trinajstić information content (AvgIpc) is 2.94. The molecule has 0 aliphatic heterocycles. The van der Waals surface area contributed by atoms with Crippen LogP contribution in [0.15, 0.2) is 16.7 Å². The second-order valence-electron chi connectivity index (χ2n) is 4.23. The summed E-state index contributed by atoms with van der Waals surface area (Å²) in [6.07, 6.45) is 5.62. The van der Waals surface area contributed by atoms with E-state index in [4.69, 9.17) is 15.0 Å². The van der Waals surface area contributed by atoms with Crippen LogP contribution in [0.5, 0.6) is 0 Å². The highest BCUT2D eigenvalue weighted by Crippen LogP contribution is 2.28. The Morgan fingerprint density at radius 1 is 1.53 bits per heavy atom. The first kappa shape index (κ1) is 12.3. The normalized spacial score (nSPS) is 25.4. The molecular weight excluding hydrogens is 218 g/mol. The van der Waals surface area contributed by atoms with Crippen LogP contribution < -0.4 is 5.73 Å². The summed E-state index contributed by atoms with van der Waals surface area (Å²) in [4.78, 5) is 4.41. The van der Waals surface area contributed by atoms with E-state index in [1.54, 1.807) is 0 Å². The number of ether oxygens (including phenoxy) is 1. The number of nitrogens with zero attached hydrogens (tertiary/aromatic N) is 2. The van der Waals surface area contributed by atoms with Crippen molar-refractivity contribution in [2.75, 3.05) is 6.61 Å². The van der Waals surface area contributed by atoms with Crippen LogP contribution in [0.4, 0.5) is 0 Å². The number of allylic oxidation sites excluding steroid dienone is 1. The van der Waals surface area contributed by atoms with Gasteiger partial charge in [0.05, 0.1) is 5.92 Å². The standard InChI is InChI=1S/C12H19N3O2/c1-3-10(16-4-2)11-14-12(17-15-11)8-5-6-9(13)7-8/h5-6,8-10H,3-4,7,13H2,1-2H3. The van der Waals surface area contributed by atoms with Gasteiger partial charge in [0.15, 0.2) is 0 Å². The van der Waals surface area contributed by atoms with Crippen LogP contribution in [0, 0.1) is 0 Å². The van der Waals surface area contributed by atoms with Gasteiger partial charge in [-0.05, 0) is 19.8 Å². The van der Waals surface area contributed by atoms with Gasteiger partial charge in [-0.1, -0.05) is 24.2 Å². The molecule has 0 amide bonds. The Bertz CT molecular complexity index is 389. The maximum Gasteiger partial charge on any atom is 0.233 e. The SMILES string of the molecule is CCOC(CC)c1noc(C2C=CC(N)C2)n1. The molecule has 17 heavy (non-hydrogen) atoms. The molecule has 5 heteroatoms. The molecule has 0 bridgehead atoms. The van der Waals surface area contributed by atoms with E-state index >= 15 is 0 Å². The Balaban J connectivity index is 2.07. The molecule has 0 saturated heterocycles. The van der Waals surface area contributed by atoms with E-state index in [1.165, 1.54) is 0 Å². The molecule has 0 saturated carbocycles. The lowest BCUT2D eigenvalue weighted by atomic mass is 10.1. The van der Waals surface area contributed by atoms with Crippen molar-refractivity contribution in [2.24, 2.45) is 5.73 Å². The van der Waals surface area contributed by atoms with E-state index in [9.17, 15) is 0 Å². The number of hydrogen-bond acceptors (Lipinski definition) is 5. The van der Waals surface area contributed by atoms with Gasteiger partial charge in [-0.2, -0.15) is 4.98 Å². The summed E-state index contributed by atoms with van der Waals surface area (Å²) in [5, 5.41) is 3.99. The molecule has 0 spiro atoms. The predicted molar refractivity (Wildman–Crippen MR) is 63.4 cm³/mol. The van der Waals surface area contributed by atoms with Crippen LogP contribution in [0.3, 0.4) is 0 Å². The van der Waals surface area contributed by atoms with Gasteiger partial charge in [-0.15, -0.1) is 0 Å². The average molecular weight is 237 g/mol. The molecule has 0 aromatic carbocycles. The number of nitrogens with two attached hydrogens (primary N) is 1. The molecule has 1 aliphatic rings. The van der Waals surface area contributed by atoms with Crippen molar-refractivity contribution in [2.45, 2.75) is 44.8 Å². The van der Waals surface area contributed by atoms with Gasteiger partial charge >= 0.3 is 0 Å². The van der Waals surface area contributed by atoms with Crippen LogP contribution in [0.25, 0.3) is 0 Å². The monoisotopic (exact) mass is 237 g/mol. The van der Waals surface area contributed by atoms with Crippen molar-refractivity contribution in [3.8, 4) is 0 Å². The second-order valence-corrected chi connectivity index (χ2v) is 4.23. The fourth-order valence-corrected chi connectivity index (χ4v) is 2.02. The molecule has 0 radical (unpaired) electrons. The molecule has 1 aliphatic carbocycles. The van der Waals surface area contributed by atoms with Gasteiger partial charge in [0.2, 0.25) is 11.7 Å². The third-order valence-electron chi connectivity index (χ3n) is 2.92. The topological polar surface area (TPSA) is 74.2 Å². The molecule has 3 unspecified atom stereocenters. The molecule has 3 atom stereocenters. The molecule has 5 nitrogen and oxygen atoms in total. The van der Waals surface area contributed by atoms with Gasteiger partial charge in [0.1, 0.15) is 6.10 Å². The minimum absolute atomic E-state index is 0.0726. The van der Waals surface area contributed by atoms with Crippen molar-refractivity contribution >= 4 is 0 Å². The van der Waals surface area contributed by atoms with E-state index < -0.39 is 0 Å². The van der Waals surface area contributed by atoms with Gasteiger partial charge in [-0.25, -0.2) is 0 Å². The number of rotatable bonds is 5. The van der Waals surface area contributed by atoms with Crippen molar-refractivity contribution in [3.63, 3.8) is 0 Å². The van der Waals surface area contributed by atoms with Crippen molar-refractivity contribution in [1.82, 2.24) is 10.1 Å². The Morgan fingerprint density at radius 2 is 2.35 bits per heavy atom. The third kappa shape index (κ3) is 2.73. The quantitative estimate of drug-likeness (QED) is 0.792. The van der Waals surface area contributed by atoms with E-state index in [-0.39, 0.29) is 18.1 Å². The molecule has 1 aromatic heterocycles. The first-order chi connectivity index (χ1) is 8.24. The minimum atomic E-state index is -0.0726. The summed E-state index contributed by atoms with van der Waals surface area (Å²) in [5.74, 6) is 1.44. The zero-order chi connectivity index (χ0) is 12.3. The lowest BCUT2D eigenvalue weighted by Crippen LogP contribution is -2.14. The zero-order valence-corrected chi connectivity index (χ0v) is 10.3. The highest BCUT2D eigenvalue weighted by molar-refractivity contribution is 5.15. The van der Waals surface area contributed by atoms with Crippen LogP contribution in [0.2, 0.25) is 0 Å². The number of hydrogen-bond donors (Lipinski definition) is 1. The Morgan fingerprint density at radius 3 is 2.94 bits per heavy atom. The van der Waals surface area contributed by atoms with E-state index in [1.807, 2.05) is 26.0 Å². The van der Waals surface area contributed by atoms with E-state index in [2.05, 4.69) is 10.1 Å². The van der Waals surface area contributed by atoms with Gasteiger partial charge in [0, 0.05) is 12.6 Å². The van der Waals surface area contributed by atoms with Gasteiger partial charge in [0.25, 0.3) is 0 Å². The molecule has 2 rings (SSSR count). The second kappa shape index (κ2) is 5.42. The Kier molecular flexibility index (Phi) is 3.91. The van der Waals surface area contributed by atoms with Crippen LogP contribution >= 0.6 is 0 Å². The van der Waals surface area contributed by atoms with Crippen molar-refractivity contribution < 1.29 is 9.26 Å². The lowest BCUT2D eigenvalue weighted by Gasteiger charge is -2.09. The first-order valence-electron chi connectivity index (χ1n) is 6.13. The largest absolute Gasteiger partial charge is 0.370 e. The smallest absolute Gasteiger partial charge is 0.233 e. The van der Waals surface area contributed by atoms with Crippen LogP contribution in [-0.4, -0.2) is 22.8 Å². The molecule has 2 N–H and O–H groups in total. The molecule has 1 heterocycles. The molecule has 1 aromatic rings. The van der Waals surface area contributed by atoms with Gasteiger partial charge < -0.3 is 15.0 Å². The fraction of sp³-hybridized carbons (Fsp3) is 0.667. The molecular formula is C12H19N3O2. The summed E-state index contributed by atoms with van der Waals surface area (Å²) in [6.45, 7) is 4.65. The van der Waals surface area contributed by atoms with Crippen LogP contribution in [-0.2, 0) is 4.74 Å². The number of aromatic nitrogens is 2. The maximum atomic E-state index is 5.80. The highest BCUT2D eigenvalue weighted by Gasteiger charge is 2.25. The molecule has 0 fully saturated rings. The minimum Gasteiger partial charge on any atom is -0.370 e. The fourth-order valence-electron chi connectivity index (χ4n) is 2.02. The first-order valence-corrected chi connectivity index (χ1v) is 6.13. The molecule has 94 valence electrons. The lowest BCUT2D eigenvalue weighted by molar-refractivity contribution is 0.0518. The van der Waals surface area contributed by atoms with Gasteiger partial charge in [-0.3, -0.25) is 0 Å².